The first-order valence-corrected chi connectivity index (χ1v) is 4.12. The van der Waals surface area contributed by atoms with Crippen LogP contribution in [0.2, 0.25) is 0 Å². The summed E-state index contributed by atoms with van der Waals surface area (Å²) in [5.41, 5.74) is 0. The maximum atomic E-state index is 8.68. The van der Waals surface area contributed by atoms with E-state index in [-0.39, 0.29) is 0 Å². The molecule has 1 aliphatic rings. The normalized spacial score (nSPS) is 40.7. The summed E-state index contributed by atoms with van der Waals surface area (Å²) < 4.78 is 0. The van der Waals surface area contributed by atoms with Gasteiger partial charge in [-0.15, -0.1) is 0 Å². The highest BCUT2D eigenvalue weighted by molar-refractivity contribution is 4.88. The van der Waals surface area contributed by atoms with Crippen LogP contribution in [0, 0.1) is 29.1 Å². The van der Waals surface area contributed by atoms with E-state index in [1.807, 2.05) is 0 Å². The van der Waals surface area contributed by atoms with Crippen LogP contribution in [0.5, 0.6) is 0 Å². The van der Waals surface area contributed by atoms with Gasteiger partial charge in [0.2, 0.25) is 0 Å². The third-order valence-electron chi connectivity index (χ3n) is 2.36. The molecule has 0 saturated heterocycles. The van der Waals surface area contributed by atoms with Gasteiger partial charge in [-0.1, -0.05) is 13.8 Å². The minimum absolute atomic E-state index is 0.346. The van der Waals surface area contributed by atoms with Crippen LogP contribution in [0.1, 0.15) is 33.1 Å². The quantitative estimate of drug-likeness (QED) is 0.503. The van der Waals surface area contributed by atoms with Crippen molar-refractivity contribution in [2.24, 2.45) is 17.8 Å². The first-order chi connectivity index (χ1) is 4.72. The Balaban J connectivity index is 2.44. The SMILES string of the molecule is C[C@H]1CC(C#N)C[C@H](C)C1. The second-order valence-electron chi connectivity index (χ2n) is 3.74. The van der Waals surface area contributed by atoms with E-state index in [9.17, 15) is 0 Å². The monoisotopic (exact) mass is 137 g/mol. The Hall–Kier alpha value is -0.510. The van der Waals surface area contributed by atoms with Gasteiger partial charge < -0.3 is 0 Å². The van der Waals surface area contributed by atoms with Crippen LogP contribution in [0.3, 0.4) is 0 Å². The van der Waals surface area contributed by atoms with Gasteiger partial charge in [-0.25, -0.2) is 0 Å². The molecule has 1 heteroatoms. The maximum Gasteiger partial charge on any atom is 0.0655 e. The van der Waals surface area contributed by atoms with Crippen LogP contribution in [-0.2, 0) is 0 Å². The Morgan fingerprint density at radius 1 is 1.10 bits per heavy atom. The van der Waals surface area contributed by atoms with E-state index in [1.165, 1.54) is 6.42 Å². The Morgan fingerprint density at radius 2 is 1.60 bits per heavy atom. The summed E-state index contributed by atoms with van der Waals surface area (Å²) in [7, 11) is 0. The minimum Gasteiger partial charge on any atom is -0.198 e. The van der Waals surface area contributed by atoms with Crippen molar-refractivity contribution in [3.63, 3.8) is 0 Å². The molecule has 0 aliphatic heterocycles. The summed E-state index contributed by atoms with van der Waals surface area (Å²) in [5.74, 6) is 1.89. The maximum absolute atomic E-state index is 8.68. The molecular formula is C9H15N. The molecule has 0 aromatic heterocycles. The van der Waals surface area contributed by atoms with Crippen molar-refractivity contribution >= 4 is 0 Å². The molecule has 0 radical (unpaired) electrons. The van der Waals surface area contributed by atoms with Gasteiger partial charge in [-0.2, -0.15) is 5.26 Å². The number of hydrogen-bond acceptors (Lipinski definition) is 1. The Kier molecular flexibility index (Phi) is 2.32. The molecule has 2 atom stereocenters. The van der Waals surface area contributed by atoms with Gasteiger partial charge in [0.1, 0.15) is 0 Å². The Bertz CT molecular complexity index is 135. The van der Waals surface area contributed by atoms with Crippen molar-refractivity contribution in [3.05, 3.63) is 0 Å². The zero-order chi connectivity index (χ0) is 7.56. The number of rotatable bonds is 0. The number of nitrogens with zero attached hydrogens (tertiary/aromatic N) is 1. The molecule has 0 N–H and O–H groups in total. The van der Waals surface area contributed by atoms with E-state index in [1.54, 1.807) is 0 Å². The second kappa shape index (κ2) is 3.05. The van der Waals surface area contributed by atoms with E-state index in [0.29, 0.717) is 5.92 Å². The standard InChI is InChI=1S/C9H15N/c1-7-3-8(2)5-9(4-7)6-10/h7-9H,3-5H2,1-2H3/t7-,8-/m1/s1. The molecule has 0 amide bonds. The average Bonchev–Trinajstić information content (AvgIpc) is 1.85. The minimum atomic E-state index is 0.346. The van der Waals surface area contributed by atoms with Gasteiger partial charge in [-0.3, -0.25) is 0 Å². The average molecular weight is 137 g/mol. The van der Waals surface area contributed by atoms with Crippen LogP contribution in [-0.4, -0.2) is 0 Å². The molecule has 1 nitrogen and oxygen atoms in total. The molecule has 1 fully saturated rings. The highest BCUT2D eigenvalue weighted by Crippen LogP contribution is 2.31. The van der Waals surface area contributed by atoms with Crippen molar-refractivity contribution in [3.8, 4) is 6.07 Å². The summed E-state index contributed by atoms with van der Waals surface area (Å²) in [4.78, 5) is 0. The number of hydrogen-bond donors (Lipinski definition) is 0. The highest BCUT2D eigenvalue weighted by atomic mass is 14.3. The topological polar surface area (TPSA) is 23.8 Å². The third-order valence-corrected chi connectivity index (χ3v) is 2.36. The van der Waals surface area contributed by atoms with Crippen LogP contribution in [0.15, 0.2) is 0 Å². The summed E-state index contributed by atoms with van der Waals surface area (Å²) in [5, 5.41) is 8.68. The van der Waals surface area contributed by atoms with Crippen LogP contribution < -0.4 is 0 Å². The van der Waals surface area contributed by atoms with Crippen LogP contribution >= 0.6 is 0 Å². The van der Waals surface area contributed by atoms with Crippen LogP contribution in [0.4, 0.5) is 0 Å². The lowest BCUT2D eigenvalue weighted by Gasteiger charge is -2.26. The lowest BCUT2D eigenvalue weighted by Crippen LogP contribution is -2.17. The zero-order valence-electron chi connectivity index (χ0n) is 6.80. The van der Waals surface area contributed by atoms with E-state index in [4.69, 9.17) is 5.26 Å². The lowest BCUT2D eigenvalue weighted by molar-refractivity contribution is 0.257. The van der Waals surface area contributed by atoms with E-state index < -0.39 is 0 Å². The first kappa shape index (κ1) is 7.60. The van der Waals surface area contributed by atoms with Crippen molar-refractivity contribution in [1.82, 2.24) is 0 Å². The first-order valence-electron chi connectivity index (χ1n) is 4.12. The summed E-state index contributed by atoms with van der Waals surface area (Å²) in [6, 6.07) is 2.36. The molecule has 0 aromatic rings. The fraction of sp³-hybridized carbons (Fsp3) is 0.889. The van der Waals surface area contributed by atoms with Gasteiger partial charge in [0, 0.05) is 5.92 Å². The van der Waals surface area contributed by atoms with E-state index in [2.05, 4.69) is 19.9 Å². The third kappa shape index (κ3) is 1.73. The van der Waals surface area contributed by atoms with Gasteiger partial charge in [0.05, 0.1) is 6.07 Å². The molecule has 1 aliphatic carbocycles. The molecule has 0 aromatic carbocycles. The lowest BCUT2D eigenvalue weighted by atomic mass is 9.77. The van der Waals surface area contributed by atoms with E-state index >= 15 is 0 Å². The van der Waals surface area contributed by atoms with Gasteiger partial charge in [0.15, 0.2) is 0 Å². The number of nitriles is 1. The molecule has 56 valence electrons. The predicted molar refractivity (Wildman–Crippen MR) is 41.3 cm³/mol. The molecule has 0 heterocycles. The molecular weight excluding hydrogens is 122 g/mol. The fourth-order valence-electron chi connectivity index (χ4n) is 2.05. The van der Waals surface area contributed by atoms with Gasteiger partial charge >= 0.3 is 0 Å². The Labute approximate surface area is 63.0 Å². The predicted octanol–water partition coefficient (Wildman–Crippen LogP) is 2.58. The van der Waals surface area contributed by atoms with Crippen molar-refractivity contribution in [1.29, 1.82) is 5.26 Å². The van der Waals surface area contributed by atoms with E-state index in [0.717, 1.165) is 24.7 Å². The zero-order valence-corrected chi connectivity index (χ0v) is 6.80. The molecule has 0 bridgehead atoms. The van der Waals surface area contributed by atoms with Crippen molar-refractivity contribution in [2.45, 2.75) is 33.1 Å². The Morgan fingerprint density at radius 3 is 2.00 bits per heavy atom. The van der Waals surface area contributed by atoms with Gasteiger partial charge in [0.25, 0.3) is 0 Å². The molecule has 0 spiro atoms. The smallest absolute Gasteiger partial charge is 0.0655 e. The fourth-order valence-corrected chi connectivity index (χ4v) is 2.05. The summed E-state index contributed by atoms with van der Waals surface area (Å²) in [6.07, 6.45) is 3.57. The summed E-state index contributed by atoms with van der Waals surface area (Å²) >= 11 is 0. The van der Waals surface area contributed by atoms with Crippen molar-refractivity contribution < 1.29 is 0 Å². The van der Waals surface area contributed by atoms with Crippen molar-refractivity contribution in [2.75, 3.05) is 0 Å². The molecule has 1 rings (SSSR count). The summed E-state index contributed by atoms with van der Waals surface area (Å²) in [6.45, 7) is 4.50. The van der Waals surface area contributed by atoms with Crippen LogP contribution in [0.25, 0.3) is 0 Å². The van der Waals surface area contributed by atoms with Gasteiger partial charge in [-0.05, 0) is 31.1 Å². The molecule has 0 unspecified atom stereocenters. The highest BCUT2D eigenvalue weighted by Gasteiger charge is 2.22. The molecule has 1 saturated carbocycles. The molecule has 10 heavy (non-hydrogen) atoms. The largest absolute Gasteiger partial charge is 0.198 e. The second-order valence-corrected chi connectivity index (χ2v) is 3.74.